The molecule has 1 atom stereocenters. The van der Waals surface area contributed by atoms with Gasteiger partial charge in [0.15, 0.2) is 0 Å². The van der Waals surface area contributed by atoms with Gasteiger partial charge >= 0.3 is 0 Å². The third-order valence-corrected chi connectivity index (χ3v) is 5.03. The van der Waals surface area contributed by atoms with Crippen LogP contribution in [-0.4, -0.2) is 26.9 Å². The summed E-state index contributed by atoms with van der Waals surface area (Å²) in [5, 5.41) is 7.93. The van der Waals surface area contributed by atoms with Gasteiger partial charge in [-0.25, -0.2) is 0 Å². The van der Waals surface area contributed by atoms with Gasteiger partial charge in [0.05, 0.1) is 5.41 Å². The maximum Gasteiger partial charge on any atom is 0.240 e. The lowest BCUT2D eigenvalue weighted by Gasteiger charge is -2.22. The van der Waals surface area contributed by atoms with Crippen molar-refractivity contribution in [3.63, 3.8) is 0 Å². The quantitative estimate of drug-likeness (QED) is 0.810. The first-order valence-electron chi connectivity index (χ1n) is 8.27. The number of likely N-dealkylation sites (tertiary alicyclic amines) is 1. The summed E-state index contributed by atoms with van der Waals surface area (Å²) >= 11 is 0. The van der Waals surface area contributed by atoms with Gasteiger partial charge in [-0.2, -0.15) is 0 Å². The maximum atomic E-state index is 13.1. The normalized spacial score (nSPS) is 22.9. The van der Waals surface area contributed by atoms with Crippen LogP contribution in [0.2, 0.25) is 0 Å². The van der Waals surface area contributed by atoms with Crippen molar-refractivity contribution >= 4 is 11.8 Å². The number of carbonyl (C=O) groups excluding carboxylic acids is 2. The second kappa shape index (κ2) is 5.26. The molecular weight excluding hydrogens is 306 g/mol. The van der Waals surface area contributed by atoms with E-state index in [1.165, 1.54) is 10.5 Å². The minimum atomic E-state index is -0.700. The van der Waals surface area contributed by atoms with Crippen molar-refractivity contribution in [1.82, 2.24) is 15.1 Å². The van der Waals surface area contributed by atoms with Crippen molar-refractivity contribution in [3.8, 4) is 0 Å². The van der Waals surface area contributed by atoms with Crippen LogP contribution >= 0.6 is 0 Å². The van der Waals surface area contributed by atoms with Crippen molar-refractivity contribution in [2.45, 2.75) is 51.0 Å². The highest BCUT2D eigenvalue weighted by Crippen LogP contribution is 2.47. The number of carbonyl (C=O) groups is 2. The van der Waals surface area contributed by atoms with E-state index in [4.69, 9.17) is 4.42 Å². The van der Waals surface area contributed by atoms with Crippen LogP contribution in [0.1, 0.15) is 55.5 Å². The van der Waals surface area contributed by atoms with E-state index in [1.54, 1.807) is 0 Å². The van der Waals surface area contributed by atoms with Gasteiger partial charge in [-0.05, 0) is 24.0 Å². The Morgan fingerprint density at radius 2 is 2.04 bits per heavy atom. The molecule has 2 aromatic rings. The molecule has 1 aliphatic heterocycles. The Balaban J connectivity index is 1.63. The maximum absolute atomic E-state index is 13.1. The van der Waals surface area contributed by atoms with Crippen LogP contribution < -0.4 is 0 Å². The van der Waals surface area contributed by atoms with Crippen molar-refractivity contribution in [1.29, 1.82) is 0 Å². The van der Waals surface area contributed by atoms with Crippen LogP contribution in [0.3, 0.4) is 0 Å². The number of rotatable bonds is 3. The van der Waals surface area contributed by atoms with Gasteiger partial charge in [0.2, 0.25) is 23.6 Å². The van der Waals surface area contributed by atoms with Gasteiger partial charge in [-0.15, -0.1) is 10.2 Å². The summed E-state index contributed by atoms with van der Waals surface area (Å²) in [7, 11) is 0. The Bertz CT molecular complexity index is 826. The second-order valence-corrected chi connectivity index (χ2v) is 6.89. The van der Waals surface area contributed by atoms with E-state index in [9.17, 15) is 9.59 Å². The highest BCUT2D eigenvalue weighted by molar-refractivity contribution is 6.09. The van der Waals surface area contributed by atoms with Gasteiger partial charge in [-0.3, -0.25) is 14.5 Å². The minimum absolute atomic E-state index is 0.0568. The standard InChI is InChI=1S/C18H19N3O3/c1-11(2)16-20-19-14(24-16)10-21-15(22)9-18(17(21)23)8-7-12-5-3-4-6-13(12)18/h3-6,11H,7-10H2,1-2H3. The predicted octanol–water partition coefficient (Wildman–Crippen LogP) is 2.34. The summed E-state index contributed by atoms with van der Waals surface area (Å²) in [5.41, 5.74) is 1.47. The molecule has 1 aliphatic carbocycles. The predicted molar refractivity (Wildman–Crippen MR) is 85.0 cm³/mol. The van der Waals surface area contributed by atoms with E-state index in [0.29, 0.717) is 18.2 Å². The fraction of sp³-hybridized carbons (Fsp3) is 0.444. The van der Waals surface area contributed by atoms with Crippen LogP contribution in [0.25, 0.3) is 0 Å². The van der Waals surface area contributed by atoms with Gasteiger partial charge in [-0.1, -0.05) is 38.1 Å². The van der Waals surface area contributed by atoms with Crippen LogP contribution in [0.4, 0.5) is 0 Å². The number of imide groups is 1. The molecule has 0 N–H and O–H groups in total. The molecule has 6 nitrogen and oxygen atoms in total. The van der Waals surface area contributed by atoms with E-state index in [1.807, 2.05) is 38.1 Å². The summed E-state index contributed by atoms with van der Waals surface area (Å²) in [6, 6.07) is 7.92. The van der Waals surface area contributed by atoms with E-state index >= 15 is 0 Å². The molecule has 1 spiro atoms. The molecular formula is C18H19N3O3. The van der Waals surface area contributed by atoms with Gasteiger partial charge in [0, 0.05) is 12.3 Å². The minimum Gasteiger partial charge on any atom is -0.423 e. The Morgan fingerprint density at radius 1 is 1.25 bits per heavy atom. The third kappa shape index (κ3) is 2.09. The highest BCUT2D eigenvalue weighted by Gasteiger charge is 2.55. The van der Waals surface area contributed by atoms with Crippen molar-refractivity contribution in [3.05, 3.63) is 47.2 Å². The SMILES string of the molecule is CC(C)c1nnc(CN2C(=O)CC3(CCc4ccccc43)C2=O)o1. The Hall–Kier alpha value is -2.50. The number of aryl methyl sites for hydroxylation is 1. The number of fused-ring (bicyclic) bond motifs is 2. The molecule has 2 heterocycles. The average Bonchev–Trinajstić information content (AvgIpc) is 3.23. The Labute approximate surface area is 139 Å². The molecule has 2 amide bonds. The van der Waals surface area contributed by atoms with Crippen LogP contribution in [0.5, 0.6) is 0 Å². The lowest BCUT2D eigenvalue weighted by Crippen LogP contribution is -2.36. The summed E-state index contributed by atoms with van der Waals surface area (Å²) in [6.07, 6.45) is 1.75. The van der Waals surface area contributed by atoms with Crippen molar-refractivity contribution < 1.29 is 14.0 Å². The fourth-order valence-electron chi connectivity index (χ4n) is 3.75. The van der Waals surface area contributed by atoms with Crippen LogP contribution in [-0.2, 0) is 28.0 Å². The lowest BCUT2D eigenvalue weighted by atomic mass is 9.80. The third-order valence-electron chi connectivity index (χ3n) is 5.03. The first-order chi connectivity index (χ1) is 11.5. The smallest absolute Gasteiger partial charge is 0.240 e. The van der Waals surface area contributed by atoms with Crippen LogP contribution in [0.15, 0.2) is 28.7 Å². The molecule has 6 heteroatoms. The molecule has 24 heavy (non-hydrogen) atoms. The molecule has 124 valence electrons. The zero-order valence-corrected chi connectivity index (χ0v) is 13.8. The Morgan fingerprint density at radius 3 is 2.79 bits per heavy atom. The van der Waals surface area contributed by atoms with Gasteiger partial charge in [0.1, 0.15) is 6.54 Å². The first-order valence-corrected chi connectivity index (χ1v) is 8.27. The molecule has 0 radical (unpaired) electrons. The number of amides is 2. The Kier molecular flexibility index (Phi) is 3.30. The molecule has 0 bridgehead atoms. The number of hydrogen-bond donors (Lipinski definition) is 0. The first kappa shape index (κ1) is 15.1. The van der Waals surface area contributed by atoms with Gasteiger partial charge in [0.25, 0.3) is 0 Å². The number of nitrogens with zero attached hydrogens (tertiary/aromatic N) is 3. The largest absolute Gasteiger partial charge is 0.423 e. The summed E-state index contributed by atoms with van der Waals surface area (Å²) in [6.45, 7) is 3.96. The zero-order chi connectivity index (χ0) is 16.9. The average molecular weight is 325 g/mol. The summed E-state index contributed by atoms with van der Waals surface area (Å²) < 4.78 is 5.56. The molecule has 4 rings (SSSR count). The van der Waals surface area contributed by atoms with E-state index in [0.717, 1.165) is 12.0 Å². The molecule has 1 unspecified atom stereocenters. The number of aromatic nitrogens is 2. The topological polar surface area (TPSA) is 76.3 Å². The summed E-state index contributed by atoms with van der Waals surface area (Å²) in [4.78, 5) is 26.9. The fourth-order valence-corrected chi connectivity index (χ4v) is 3.75. The monoisotopic (exact) mass is 325 g/mol. The van der Waals surface area contributed by atoms with E-state index in [-0.39, 0.29) is 30.7 Å². The van der Waals surface area contributed by atoms with Crippen molar-refractivity contribution in [2.75, 3.05) is 0 Å². The highest BCUT2D eigenvalue weighted by atomic mass is 16.4. The molecule has 0 saturated carbocycles. The second-order valence-electron chi connectivity index (χ2n) is 6.89. The van der Waals surface area contributed by atoms with Gasteiger partial charge < -0.3 is 4.42 Å². The number of hydrogen-bond acceptors (Lipinski definition) is 5. The summed E-state index contributed by atoms with van der Waals surface area (Å²) in [5.74, 6) is 0.640. The molecule has 1 fully saturated rings. The number of benzene rings is 1. The molecule has 1 aromatic heterocycles. The van der Waals surface area contributed by atoms with E-state index in [2.05, 4.69) is 10.2 Å². The zero-order valence-electron chi connectivity index (χ0n) is 13.8. The lowest BCUT2D eigenvalue weighted by molar-refractivity contribution is -0.141. The molecule has 1 aromatic carbocycles. The molecule has 2 aliphatic rings. The van der Waals surface area contributed by atoms with Crippen molar-refractivity contribution in [2.24, 2.45) is 0 Å². The molecule has 1 saturated heterocycles. The van der Waals surface area contributed by atoms with E-state index < -0.39 is 5.41 Å². The van der Waals surface area contributed by atoms with Crippen LogP contribution in [0, 0.1) is 0 Å².